The van der Waals surface area contributed by atoms with Gasteiger partial charge in [0.25, 0.3) is 0 Å². The highest BCUT2D eigenvalue weighted by molar-refractivity contribution is 6.09. The number of carbonyl (C=O) groups excluding carboxylic acids is 3. The molecular weight excluding hydrogens is 330 g/mol. The molecule has 2 aliphatic carbocycles. The van der Waals surface area contributed by atoms with Crippen LogP contribution < -0.4 is 5.32 Å². The van der Waals surface area contributed by atoms with Gasteiger partial charge >= 0.3 is 0 Å². The number of imide groups is 1. The van der Waals surface area contributed by atoms with Crippen LogP contribution in [0.4, 0.5) is 5.69 Å². The molecule has 6 nitrogen and oxygen atoms in total. The third-order valence-corrected chi connectivity index (χ3v) is 5.75. The van der Waals surface area contributed by atoms with Crippen molar-refractivity contribution >= 4 is 34.3 Å². The van der Waals surface area contributed by atoms with Gasteiger partial charge in [0.15, 0.2) is 0 Å². The molecule has 1 saturated carbocycles. The number of allylic oxidation sites excluding steroid dienone is 2. The van der Waals surface area contributed by atoms with E-state index >= 15 is 0 Å². The van der Waals surface area contributed by atoms with Crippen LogP contribution in [0.15, 0.2) is 48.7 Å². The van der Waals surface area contributed by atoms with Crippen molar-refractivity contribution in [1.82, 2.24) is 9.88 Å². The molecule has 4 atom stereocenters. The quantitative estimate of drug-likeness (QED) is 0.680. The second-order valence-electron chi connectivity index (χ2n) is 7.22. The summed E-state index contributed by atoms with van der Waals surface area (Å²) in [5.41, 5.74) is 1.46. The van der Waals surface area contributed by atoms with Crippen molar-refractivity contribution in [3.63, 3.8) is 0 Å². The average molecular weight is 347 g/mol. The number of hydrogen-bond acceptors (Lipinski definition) is 4. The summed E-state index contributed by atoms with van der Waals surface area (Å²) in [6.07, 6.45) is 6.69. The summed E-state index contributed by atoms with van der Waals surface area (Å²) in [5.74, 6) is -0.987. The Morgan fingerprint density at radius 2 is 1.85 bits per heavy atom. The lowest BCUT2D eigenvalue weighted by Gasteiger charge is -2.17. The number of anilines is 1. The Morgan fingerprint density at radius 1 is 1.12 bits per heavy atom. The fraction of sp³-hybridized carbons (Fsp3) is 0.300. The molecule has 0 spiro atoms. The van der Waals surface area contributed by atoms with Crippen LogP contribution in [0.1, 0.15) is 6.42 Å². The maximum Gasteiger partial charge on any atom is 0.244 e. The molecule has 2 aromatic rings. The van der Waals surface area contributed by atoms with E-state index in [0.717, 1.165) is 22.2 Å². The number of nitrogens with one attached hydrogen (secondary N) is 1. The maximum atomic E-state index is 12.6. The first-order valence-corrected chi connectivity index (χ1v) is 8.80. The SMILES string of the molecule is O=C(CN1C(=O)[C@@H]2[C@H](C1=O)[C@H]1C=C[C@H]2C1)Nc1ccc2ncccc2c1. The van der Waals surface area contributed by atoms with Gasteiger partial charge in [0.2, 0.25) is 17.7 Å². The second-order valence-corrected chi connectivity index (χ2v) is 7.22. The first kappa shape index (κ1) is 15.3. The Morgan fingerprint density at radius 3 is 2.58 bits per heavy atom. The van der Waals surface area contributed by atoms with Gasteiger partial charge in [0, 0.05) is 17.3 Å². The Hall–Kier alpha value is -3.02. The summed E-state index contributed by atoms with van der Waals surface area (Å²) >= 11 is 0. The van der Waals surface area contributed by atoms with Crippen molar-refractivity contribution in [1.29, 1.82) is 0 Å². The summed E-state index contributed by atoms with van der Waals surface area (Å²) < 4.78 is 0. The van der Waals surface area contributed by atoms with Gasteiger partial charge in [-0.25, -0.2) is 0 Å². The van der Waals surface area contributed by atoms with E-state index in [0.29, 0.717) is 5.69 Å². The van der Waals surface area contributed by atoms with E-state index in [4.69, 9.17) is 0 Å². The lowest BCUT2D eigenvalue weighted by atomic mass is 9.85. The van der Waals surface area contributed by atoms with E-state index in [2.05, 4.69) is 10.3 Å². The van der Waals surface area contributed by atoms with Crippen LogP contribution >= 0.6 is 0 Å². The molecule has 2 bridgehead atoms. The van der Waals surface area contributed by atoms with Crippen LogP contribution in [0.25, 0.3) is 10.9 Å². The molecule has 0 unspecified atom stereocenters. The third-order valence-electron chi connectivity index (χ3n) is 5.75. The molecule has 26 heavy (non-hydrogen) atoms. The Labute approximate surface area is 149 Å². The topological polar surface area (TPSA) is 79.4 Å². The maximum absolute atomic E-state index is 12.6. The van der Waals surface area contributed by atoms with Crippen LogP contribution in [-0.4, -0.2) is 34.2 Å². The standard InChI is InChI=1S/C20H17N3O3/c24-16(22-14-5-6-15-11(9-14)2-1-7-21-15)10-23-19(25)17-12-3-4-13(8-12)18(17)20(23)26/h1-7,9,12-13,17-18H,8,10H2,(H,22,24)/t12-,13-,17-,18+/m0/s1. The molecule has 1 aromatic heterocycles. The highest BCUT2D eigenvalue weighted by atomic mass is 16.2. The molecule has 1 aromatic carbocycles. The molecule has 130 valence electrons. The molecule has 1 saturated heterocycles. The number of pyridine rings is 1. The molecular formula is C20H17N3O3. The van der Waals surface area contributed by atoms with Gasteiger partial charge < -0.3 is 5.32 Å². The lowest BCUT2D eigenvalue weighted by Crippen LogP contribution is -2.39. The van der Waals surface area contributed by atoms with Crippen molar-refractivity contribution < 1.29 is 14.4 Å². The summed E-state index contributed by atoms with van der Waals surface area (Å²) in [6.45, 7) is -0.227. The van der Waals surface area contributed by atoms with Crippen LogP contribution in [0, 0.1) is 23.7 Å². The normalized spacial score (nSPS) is 28.8. The first-order chi connectivity index (χ1) is 12.6. The Balaban J connectivity index is 1.31. The molecule has 1 aliphatic heterocycles. The molecule has 3 aliphatic rings. The van der Waals surface area contributed by atoms with Crippen LogP contribution in [0.2, 0.25) is 0 Å². The zero-order valence-electron chi connectivity index (χ0n) is 14.0. The van der Waals surface area contributed by atoms with Crippen molar-refractivity contribution in [2.24, 2.45) is 23.7 Å². The molecule has 1 N–H and O–H groups in total. The van der Waals surface area contributed by atoms with Crippen LogP contribution in [0.5, 0.6) is 0 Å². The fourth-order valence-electron chi connectivity index (χ4n) is 4.62. The number of hydrogen-bond donors (Lipinski definition) is 1. The number of benzene rings is 1. The monoisotopic (exact) mass is 347 g/mol. The number of likely N-dealkylation sites (tertiary alicyclic amines) is 1. The Kier molecular flexibility index (Phi) is 3.22. The predicted octanol–water partition coefficient (Wildman–Crippen LogP) is 1.98. The van der Waals surface area contributed by atoms with Crippen molar-refractivity contribution in [3.05, 3.63) is 48.7 Å². The Bertz CT molecular complexity index is 953. The number of fused-ring (bicyclic) bond motifs is 6. The van der Waals surface area contributed by atoms with E-state index in [1.165, 1.54) is 0 Å². The molecule has 3 amide bonds. The number of aromatic nitrogens is 1. The summed E-state index contributed by atoms with van der Waals surface area (Å²) in [4.78, 5) is 43.1. The highest BCUT2D eigenvalue weighted by Gasteiger charge is 2.59. The van der Waals surface area contributed by atoms with E-state index in [1.807, 2.05) is 36.4 Å². The van der Waals surface area contributed by atoms with E-state index in [9.17, 15) is 14.4 Å². The van der Waals surface area contributed by atoms with E-state index < -0.39 is 0 Å². The second kappa shape index (κ2) is 5.49. The minimum atomic E-state index is -0.366. The van der Waals surface area contributed by atoms with Gasteiger partial charge in [-0.15, -0.1) is 0 Å². The third kappa shape index (κ3) is 2.18. The molecule has 6 heteroatoms. The largest absolute Gasteiger partial charge is 0.325 e. The number of amides is 3. The minimum Gasteiger partial charge on any atom is -0.325 e. The van der Waals surface area contributed by atoms with E-state index in [-0.39, 0.29) is 47.9 Å². The van der Waals surface area contributed by atoms with Gasteiger partial charge in [-0.1, -0.05) is 18.2 Å². The van der Waals surface area contributed by atoms with Crippen LogP contribution in [-0.2, 0) is 14.4 Å². The zero-order valence-corrected chi connectivity index (χ0v) is 14.0. The highest BCUT2D eigenvalue weighted by Crippen LogP contribution is 2.52. The molecule has 2 heterocycles. The summed E-state index contributed by atoms with van der Waals surface area (Å²) in [6, 6.07) is 9.16. The van der Waals surface area contributed by atoms with E-state index in [1.54, 1.807) is 12.3 Å². The molecule has 2 fully saturated rings. The van der Waals surface area contributed by atoms with Crippen molar-refractivity contribution in [2.75, 3.05) is 11.9 Å². The van der Waals surface area contributed by atoms with Gasteiger partial charge in [0.1, 0.15) is 6.54 Å². The predicted molar refractivity (Wildman–Crippen MR) is 94.8 cm³/mol. The lowest BCUT2D eigenvalue weighted by molar-refractivity contribution is -0.143. The van der Waals surface area contributed by atoms with Gasteiger partial charge in [0.05, 0.1) is 17.4 Å². The molecule has 5 rings (SSSR count). The molecule has 0 radical (unpaired) electrons. The fourth-order valence-corrected chi connectivity index (χ4v) is 4.62. The van der Waals surface area contributed by atoms with Gasteiger partial charge in [-0.05, 0) is 42.5 Å². The van der Waals surface area contributed by atoms with Gasteiger partial charge in [-0.3, -0.25) is 24.3 Å². The zero-order chi connectivity index (χ0) is 17.8. The summed E-state index contributed by atoms with van der Waals surface area (Å²) in [5, 5.41) is 3.69. The number of carbonyl (C=O) groups is 3. The smallest absolute Gasteiger partial charge is 0.244 e. The van der Waals surface area contributed by atoms with Crippen LogP contribution in [0.3, 0.4) is 0 Å². The number of nitrogens with zero attached hydrogens (tertiary/aromatic N) is 2. The average Bonchev–Trinajstić information content (AvgIpc) is 3.32. The van der Waals surface area contributed by atoms with Crippen molar-refractivity contribution in [3.8, 4) is 0 Å². The summed E-state index contributed by atoms with van der Waals surface area (Å²) in [7, 11) is 0. The van der Waals surface area contributed by atoms with Gasteiger partial charge in [-0.2, -0.15) is 0 Å². The first-order valence-electron chi connectivity index (χ1n) is 8.80. The minimum absolute atomic E-state index is 0.155. The number of rotatable bonds is 3. The van der Waals surface area contributed by atoms with Crippen molar-refractivity contribution in [2.45, 2.75) is 6.42 Å².